The fourth-order valence-corrected chi connectivity index (χ4v) is 2.67. The number of hydrogen-bond acceptors (Lipinski definition) is 5. The van der Waals surface area contributed by atoms with Crippen LogP contribution in [0.1, 0.15) is 37.6 Å². The van der Waals surface area contributed by atoms with E-state index in [1.807, 2.05) is 26.8 Å². The van der Waals surface area contributed by atoms with Crippen LogP contribution in [-0.2, 0) is 24.2 Å². The molecule has 24 heavy (non-hydrogen) atoms. The Morgan fingerprint density at radius 1 is 1.33 bits per heavy atom. The molecule has 0 radical (unpaired) electrons. The van der Waals surface area contributed by atoms with E-state index in [0.717, 1.165) is 23.4 Å². The van der Waals surface area contributed by atoms with Gasteiger partial charge in [-0.1, -0.05) is 11.2 Å². The number of aromatic nitrogens is 1. The Kier molecular flexibility index (Phi) is 4.46. The molecule has 0 unspecified atom stereocenters. The minimum atomic E-state index is -0.474. The molecule has 1 aromatic heterocycles. The lowest BCUT2D eigenvalue weighted by Gasteiger charge is -2.31. The molecular weight excluding hydrogens is 306 g/mol. The molecule has 128 valence electrons. The number of carbonyl (C=O) groups excluding carboxylic acids is 1. The number of carbonyl (C=O) groups is 1. The molecule has 1 N–H and O–H groups in total. The zero-order valence-electron chi connectivity index (χ0n) is 14.3. The summed E-state index contributed by atoms with van der Waals surface area (Å²) in [5, 5.41) is 7.20. The average molecular weight is 329 g/mol. The molecule has 2 aromatic rings. The third-order valence-electron chi connectivity index (χ3n) is 3.84. The van der Waals surface area contributed by atoms with E-state index >= 15 is 0 Å². The highest BCUT2D eigenvalue weighted by Crippen LogP contribution is 2.24. The van der Waals surface area contributed by atoms with E-state index in [2.05, 4.69) is 28.7 Å². The van der Waals surface area contributed by atoms with Crippen molar-refractivity contribution in [2.24, 2.45) is 0 Å². The summed E-state index contributed by atoms with van der Waals surface area (Å²) in [6.07, 6.45) is 2.15. The Hall–Kier alpha value is -2.50. The zero-order chi connectivity index (χ0) is 17.2. The number of anilines is 1. The summed E-state index contributed by atoms with van der Waals surface area (Å²) in [6, 6.07) is 8.09. The second kappa shape index (κ2) is 6.55. The van der Waals surface area contributed by atoms with Crippen molar-refractivity contribution in [3.8, 4) is 0 Å². The van der Waals surface area contributed by atoms with E-state index in [1.54, 1.807) is 11.2 Å². The quantitative estimate of drug-likeness (QED) is 0.932. The Labute approximate surface area is 141 Å². The lowest BCUT2D eigenvalue weighted by atomic mass is 9.99. The van der Waals surface area contributed by atoms with Crippen molar-refractivity contribution in [3.05, 3.63) is 47.3 Å². The smallest absolute Gasteiger partial charge is 0.410 e. The SMILES string of the molecule is CC(C)(C)OC(=O)N1CCc2ccc(NCc3ccon3)cc2C1. The highest BCUT2D eigenvalue weighted by Gasteiger charge is 2.25. The predicted molar refractivity (Wildman–Crippen MR) is 90.6 cm³/mol. The summed E-state index contributed by atoms with van der Waals surface area (Å²) >= 11 is 0. The highest BCUT2D eigenvalue weighted by molar-refractivity contribution is 5.69. The van der Waals surface area contributed by atoms with Gasteiger partial charge in [0.05, 0.1) is 6.54 Å². The van der Waals surface area contributed by atoms with Gasteiger partial charge in [0, 0.05) is 24.8 Å². The van der Waals surface area contributed by atoms with Gasteiger partial charge in [-0.05, 0) is 50.5 Å². The fraction of sp³-hybridized carbons (Fsp3) is 0.444. The molecule has 0 saturated carbocycles. The number of fused-ring (bicyclic) bond motifs is 1. The van der Waals surface area contributed by atoms with E-state index in [-0.39, 0.29) is 6.09 Å². The first kappa shape index (κ1) is 16.4. The maximum atomic E-state index is 12.3. The Balaban J connectivity index is 1.66. The predicted octanol–water partition coefficient (Wildman–Crippen LogP) is 3.58. The minimum absolute atomic E-state index is 0.255. The molecular formula is C18H23N3O3. The van der Waals surface area contributed by atoms with Gasteiger partial charge in [0.15, 0.2) is 0 Å². The highest BCUT2D eigenvalue weighted by atomic mass is 16.6. The molecule has 6 nitrogen and oxygen atoms in total. The molecule has 1 aliphatic heterocycles. The van der Waals surface area contributed by atoms with Gasteiger partial charge in [-0.3, -0.25) is 0 Å². The van der Waals surface area contributed by atoms with E-state index < -0.39 is 5.60 Å². The number of nitrogens with one attached hydrogen (secondary N) is 1. The van der Waals surface area contributed by atoms with Crippen LogP contribution < -0.4 is 5.32 Å². The zero-order valence-corrected chi connectivity index (χ0v) is 14.3. The third-order valence-corrected chi connectivity index (χ3v) is 3.84. The van der Waals surface area contributed by atoms with Crippen LogP contribution in [0.5, 0.6) is 0 Å². The largest absolute Gasteiger partial charge is 0.444 e. The van der Waals surface area contributed by atoms with Crippen molar-refractivity contribution in [1.82, 2.24) is 10.1 Å². The van der Waals surface area contributed by atoms with Crippen LogP contribution >= 0.6 is 0 Å². The summed E-state index contributed by atoms with van der Waals surface area (Å²) in [5.41, 5.74) is 3.81. The number of amides is 1. The molecule has 6 heteroatoms. The van der Waals surface area contributed by atoms with Crippen LogP contribution in [0.2, 0.25) is 0 Å². The number of nitrogens with zero attached hydrogens (tertiary/aromatic N) is 2. The number of benzene rings is 1. The third kappa shape index (κ3) is 4.07. The van der Waals surface area contributed by atoms with Crippen LogP contribution in [0.15, 0.2) is 35.1 Å². The van der Waals surface area contributed by atoms with Crippen LogP contribution in [0.4, 0.5) is 10.5 Å². The normalized spacial score (nSPS) is 14.2. The first-order valence-electron chi connectivity index (χ1n) is 8.13. The minimum Gasteiger partial charge on any atom is -0.444 e. The molecule has 0 spiro atoms. The van der Waals surface area contributed by atoms with Crippen LogP contribution in [0.3, 0.4) is 0 Å². The van der Waals surface area contributed by atoms with E-state index in [4.69, 9.17) is 9.26 Å². The van der Waals surface area contributed by atoms with Gasteiger partial charge in [0.1, 0.15) is 17.6 Å². The van der Waals surface area contributed by atoms with E-state index in [9.17, 15) is 4.79 Å². The van der Waals surface area contributed by atoms with Gasteiger partial charge in [-0.2, -0.15) is 0 Å². The van der Waals surface area contributed by atoms with Crippen LogP contribution in [-0.4, -0.2) is 28.3 Å². The van der Waals surface area contributed by atoms with Gasteiger partial charge in [0.25, 0.3) is 0 Å². The molecule has 1 aliphatic rings. The van der Waals surface area contributed by atoms with Gasteiger partial charge in [-0.15, -0.1) is 0 Å². The summed E-state index contributed by atoms with van der Waals surface area (Å²) < 4.78 is 10.3. The number of ether oxygens (including phenoxy) is 1. The van der Waals surface area contributed by atoms with Gasteiger partial charge in [0.2, 0.25) is 0 Å². The monoisotopic (exact) mass is 329 g/mol. The summed E-state index contributed by atoms with van der Waals surface area (Å²) in [7, 11) is 0. The molecule has 3 rings (SSSR count). The molecule has 0 aliphatic carbocycles. The van der Waals surface area contributed by atoms with Crippen LogP contribution in [0, 0.1) is 0 Å². The molecule has 0 bridgehead atoms. The summed E-state index contributed by atoms with van der Waals surface area (Å²) in [5.74, 6) is 0. The summed E-state index contributed by atoms with van der Waals surface area (Å²) in [4.78, 5) is 14.0. The molecule has 2 heterocycles. The second-order valence-corrected chi connectivity index (χ2v) is 6.98. The van der Waals surface area contributed by atoms with Gasteiger partial charge < -0.3 is 19.5 Å². The Morgan fingerprint density at radius 3 is 2.88 bits per heavy atom. The van der Waals surface area contributed by atoms with E-state index in [1.165, 1.54) is 5.56 Å². The van der Waals surface area contributed by atoms with Crippen molar-refractivity contribution in [2.75, 3.05) is 11.9 Å². The van der Waals surface area contributed by atoms with Crippen molar-refractivity contribution < 1.29 is 14.1 Å². The number of hydrogen-bond donors (Lipinski definition) is 1. The molecule has 1 aromatic carbocycles. The standard InChI is InChI=1S/C18H23N3O3/c1-18(2,3)24-17(22)21-8-6-13-4-5-15(10-14(13)12-21)19-11-16-7-9-23-20-16/h4-5,7,9-10,19H,6,8,11-12H2,1-3H3. The second-order valence-electron chi connectivity index (χ2n) is 6.98. The summed E-state index contributed by atoms with van der Waals surface area (Å²) in [6.45, 7) is 7.51. The molecule has 0 atom stereocenters. The lowest BCUT2D eigenvalue weighted by molar-refractivity contribution is 0.0224. The van der Waals surface area contributed by atoms with Crippen LogP contribution in [0.25, 0.3) is 0 Å². The molecule has 0 fully saturated rings. The van der Waals surface area contributed by atoms with Crippen molar-refractivity contribution >= 4 is 11.8 Å². The average Bonchev–Trinajstić information content (AvgIpc) is 3.04. The maximum Gasteiger partial charge on any atom is 0.410 e. The van der Waals surface area contributed by atoms with Crippen molar-refractivity contribution in [1.29, 1.82) is 0 Å². The maximum absolute atomic E-state index is 12.3. The Morgan fingerprint density at radius 2 is 2.17 bits per heavy atom. The van der Waals surface area contributed by atoms with Crippen molar-refractivity contribution in [3.63, 3.8) is 0 Å². The van der Waals surface area contributed by atoms with Gasteiger partial charge >= 0.3 is 6.09 Å². The molecule has 0 saturated heterocycles. The first-order valence-corrected chi connectivity index (χ1v) is 8.13. The fourth-order valence-electron chi connectivity index (χ4n) is 2.67. The van der Waals surface area contributed by atoms with E-state index in [0.29, 0.717) is 19.6 Å². The topological polar surface area (TPSA) is 67.6 Å². The molecule has 1 amide bonds. The number of rotatable bonds is 3. The Bertz CT molecular complexity index is 705. The lowest BCUT2D eigenvalue weighted by Crippen LogP contribution is -2.39. The van der Waals surface area contributed by atoms with Crippen molar-refractivity contribution in [2.45, 2.75) is 45.9 Å². The van der Waals surface area contributed by atoms with Gasteiger partial charge in [-0.25, -0.2) is 4.79 Å². The first-order chi connectivity index (χ1) is 11.4.